The zero-order chi connectivity index (χ0) is 13.1. The Morgan fingerprint density at radius 3 is 2.35 bits per heavy atom. The minimum atomic E-state index is -3.61. The predicted octanol–water partition coefficient (Wildman–Crippen LogP) is 0.563. The molecule has 0 bridgehead atoms. The van der Waals surface area contributed by atoms with E-state index < -0.39 is 15.7 Å². The number of hydrogen-bond donors (Lipinski definition) is 1. The molecule has 17 heavy (non-hydrogen) atoms. The van der Waals surface area contributed by atoms with Crippen molar-refractivity contribution in [2.75, 3.05) is 12.9 Å². The van der Waals surface area contributed by atoms with Gasteiger partial charge in [0.2, 0.25) is 0 Å². The molecule has 6 heteroatoms. The second-order valence-electron chi connectivity index (χ2n) is 4.08. The normalized spacial score (nSPS) is 15.2. The summed E-state index contributed by atoms with van der Waals surface area (Å²) in [7, 11) is -3.61. The standard InChI is InChI=1S/C11H15NO4S/c1-11(12,8-16-17(2,14)15)10(13)9-6-4-3-5-7-9/h3-7H,8,12H2,1-2H3. The molecule has 0 fully saturated rings. The van der Waals surface area contributed by atoms with E-state index in [0.717, 1.165) is 6.26 Å². The van der Waals surface area contributed by atoms with Crippen LogP contribution < -0.4 is 5.73 Å². The first kappa shape index (κ1) is 13.8. The maximum absolute atomic E-state index is 12.0. The van der Waals surface area contributed by atoms with Gasteiger partial charge in [-0.1, -0.05) is 30.3 Å². The van der Waals surface area contributed by atoms with Crippen molar-refractivity contribution >= 4 is 15.9 Å². The Kier molecular flexibility index (Phi) is 4.03. The lowest BCUT2D eigenvalue weighted by Crippen LogP contribution is -2.49. The molecule has 0 spiro atoms. The molecule has 0 radical (unpaired) electrons. The summed E-state index contributed by atoms with van der Waals surface area (Å²) in [5, 5.41) is 0. The Bertz CT molecular complexity index is 493. The lowest BCUT2D eigenvalue weighted by Gasteiger charge is -2.22. The Morgan fingerprint density at radius 1 is 1.35 bits per heavy atom. The summed E-state index contributed by atoms with van der Waals surface area (Å²) in [6.07, 6.45) is 0.913. The lowest BCUT2D eigenvalue weighted by molar-refractivity contribution is 0.0853. The van der Waals surface area contributed by atoms with E-state index >= 15 is 0 Å². The van der Waals surface area contributed by atoms with Crippen LogP contribution >= 0.6 is 0 Å². The van der Waals surface area contributed by atoms with Gasteiger partial charge in [0.25, 0.3) is 10.1 Å². The van der Waals surface area contributed by atoms with Crippen molar-refractivity contribution in [2.45, 2.75) is 12.5 Å². The van der Waals surface area contributed by atoms with Crippen molar-refractivity contribution < 1.29 is 17.4 Å². The first-order chi connectivity index (χ1) is 7.72. The average molecular weight is 257 g/mol. The van der Waals surface area contributed by atoms with Gasteiger partial charge in [0.15, 0.2) is 5.78 Å². The van der Waals surface area contributed by atoms with Crippen LogP contribution in [-0.4, -0.2) is 32.6 Å². The van der Waals surface area contributed by atoms with Crippen LogP contribution in [-0.2, 0) is 14.3 Å². The van der Waals surface area contributed by atoms with Crippen LogP contribution in [0.15, 0.2) is 30.3 Å². The predicted molar refractivity (Wildman–Crippen MR) is 64.2 cm³/mol. The van der Waals surface area contributed by atoms with E-state index in [2.05, 4.69) is 4.18 Å². The molecule has 1 unspecified atom stereocenters. The maximum Gasteiger partial charge on any atom is 0.264 e. The molecule has 0 amide bonds. The number of carbonyl (C=O) groups excluding carboxylic acids is 1. The van der Waals surface area contributed by atoms with Crippen LogP contribution in [0.3, 0.4) is 0 Å². The van der Waals surface area contributed by atoms with Crippen LogP contribution in [0.25, 0.3) is 0 Å². The smallest absolute Gasteiger partial charge is 0.264 e. The molecular weight excluding hydrogens is 242 g/mol. The Labute approximate surface area is 101 Å². The molecule has 0 heterocycles. The number of hydrogen-bond acceptors (Lipinski definition) is 5. The molecule has 0 aliphatic rings. The minimum Gasteiger partial charge on any atom is -0.317 e. The Hall–Kier alpha value is -1.24. The quantitative estimate of drug-likeness (QED) is 0.615. The van der Waals surface area contributed by atoms with Crippen molar-refractivity contribution in [3.63, 3.8) is 0 Å². The topological polar surface area (TPSA) is 86.5 Å². The molecule has 1 aromatic carbocycles. The lowest BCUT2D eigenvalue weighted by atomic mass is 9.93. The molecule has 0 saturated carbocycles. The van der Waals surface area contributed by atoms with E-state index in [4.69, 9.17) is 5.73 Å². The summed E-state index contributed by atoms with van der Waals surface area (Å²) in [4.78, 5) is 12.0. The van der Waals surface area contributed by atoms with Crippen LogP contribution in [0.2, 0.25) is 0 Å². The molecule has 0 saturated heterocycles. The molecule has 0 aromatic heterocycles. The average Bonchev–Trinajstić information content (AvgIpc) is 2.26. The van der Waals surface area contributed by atoms with Crippen molar-refractivity contribution in [2.24, 2.45) is 5.73 Å². The summed E-state index contributed by atoms with van der Waals surface area (Å²) in [6.45, 7) is 1.06. The molecule has 5 nitrogen and oxygen atoms in total. The third-order valence-corrected chi connectivity index (χ3v) is 2.67. The highest BCUT2D eigenvalue weighted by atomic mass is 32.2. The van der Waals surface area contributed by atoms with Gasteiger partial charge in [-0.25, -0.2) is 0 Å². The molecular formula is C11H15NO4S. The largest absolute Gasteiger partial charge is 0.317 e. The summed E-state index contributed by atoms with van der Waals surface area (Å²) in [5.41, 5.74) is 4.82. The van der Waals surface area contributed by atoms with Gasteiger partial charge >= 0.3 is 0 Å². The van der Waals surface area contributed by atoms with Gasteiger partial charge in [0.1, 0.15) is 5.54 Å². The third-order valence-electron chi connectivity index (χ3n) is 2.13. The maximum atomic E-state index is 12.0. The van der Waals surface area contributed by atoms with Crippen LogP contribution in [0.4, 0.5) is 0 Å². The molecule has 1 rings (SSSR count). The Balaban J connectivity index is 2.81. The number of rotatable bonds is 5. The molecule has 0 aliphatic carbocycles. The van der Waals surface area contributed by atoms with Crippen molar-refractivity contribution in [1.82, 2.24) is 0 Å². The molecule has 1 aromatic rings. The van der Waals surface area contributed by atoms with E-state index in [0.29, 0.717) is 5.56 Å². The van der Waals surface area contributed by atoms with E-state index in [1.807, 2.05) is 0 Å². The number of Topliss-reactive ketones (excluding diaryl/α,β-unsaturated/α-hetero) is 1. The van der Waals surface area contributed by atoms with Gasteiger partial charge in [-0.2, -0.15) is 8.42 Å². The molecule has 2 N–H and O–H groups in total. The summed E-state index contributed by atoms with van der Waals surface area (Å²) in [6, 6.07) is 8.43. The van der Waals surface area contributed by atoms with Gasteiger partial charge in [-0.15, -0.1) is 0 Å². The van der Waals surface area contributed by atoms with E-state index in [9.17, 15) is 13.2 Å². The summed E-state index contributed by atoms with van der Waals surface area (Å²) >= 11 is 0. The van der Waals surface area contributed by atoms with Crippen LogP contribution in [0.5, 0.6) is 0 Å². The van der Waals surface area contributed by atoms with E-state index in [1.54, 1.807) is 30.3 Å². The second kappa shape index (κ2) is 4.95. The van der Waals surface area contributed by atoms with Gasteiger partial charge in [0, 0.05) is 5.56 Å². The van der Waals surface area contributed by atoms with Gasteiger partial charge < -0.3 is 5.73 Å². The van der Waals surface area contributed by atoms with Crippen molar-refractivity contribution in [1.29, 1.82) is 0 Å². The highest BCUT2D eigenvalue weighted by Gasteiger charge is 2.31. The van der Waals surface area contributed by atoms with Gasteiger partial charge in [-0.3, -0.25) is 8.98 Å². The molecule has 0 aliphatic heterocycles. The fourth-order valence-electron chi connectivity index (χ4n) is 1.21. The van der Waals surface area contributed by atoms with Crippen molar-refractivity contribution in [3.8, 4) is 0 Å². The Morgan fingerprint density at radius 2 is 1.88 bits per heavy atom. The first-order valence-corrected chi connectivity index (χ1v) is 6.77. The SMILES string of the molecule is CC(N)(COS(C)(=O)=O)C(=O)c1ccccc1. The number of ketones is 1. The summed E-state index contributed by atoms with van der Waals surface area (Å²) in [5.74, 6) is -0.359. The van der Waals surface area contributed by atoms with Crippen molar-refractivity contribution in [3.05, 3.63) is 35.9 Å². The third kappa shape index (κ3) is 4.26. The van der Waals surface area contributed by atoms with Gasteiger partial charge in [-0.05, 0) is 6.92 Å². The minimum absolute atomic E-state index is 0.359. The van der Waals surface area contributed by atoms with Crippen LogP contribution in [0.1, 0.15) is 17.3 Å². The van der Waals surface area contributed by atoms with E-state index in [1.165, 1.54) is 6.92 Å². The zero-order valence-corrected chi connectivity index (χ0v) is 10.5. The fourth-order valence-corrected chi connectivity index (χ4v) is 1.67. The van der Waals surface area contributed by atoms with Crippen LogP contribution in [0, 0.1) is 0 Å². The highest BCUT2D eigenvalue weighted by molar-refractivity contribution is 7.85. The van der Waals surface area contributed by atoms with Gasteiger partial charge in [0.05, 0.1) is 12.9 Å². The number of benzene rings is 1. The zero-order valence-electron chi connectivity index (χ0n) is 9.71. The highest BCUT2D eigenvalue weighted by Crippen LogP contribution is 2.12. The number of carbonyl (C=O) groups is 1. The number of nitrogens with two attached hydrogens (primary N) is 1. The molecule has 94 valence electrons. The monoisotopic (exact) mass is 257 g/mol. The summed E-state index contributed by atoms with van der Waals surface area (Å²) < 4.78 is 26.3. The molecule has 1 atom stereocenters. The fraction of sp³-hybridized carbons (Fsp3) is 0.364. The second-order valence-corrected chi connectivity index (χ2v) is 5.72. The first-order valence-electron chi connectivity index (χ1n) is 4.95. The van der Waals surface area contributed by atoms with E-state index in [-0.39, 0.29) is 12.4 Å².